The second kappa shape index (κ2) is 7.16. The monoisotopic (exact) mass is 387 g/mol. The maximum Gasteiger partial charge on any atom is 0.389 e. The van der Waals surface area contributed by atoms with Gasteiger partial charge in [0.05, 0.1) is 11.8 Å². The van der Waals surface area contributed by atoms with Crippen molar-refractivity contribution >= 4 is 17.4 Å². The van der Waals surface area contributed by atoms with E-state index in [0.29, 0.717) is 43.4 Å². The summed E-state index contributed by atoms with van der Waals surface area (Å²) < 4.78 is 39.2. The number of halogens is 4. The van der Waals surface area contributed by atoms with Gasteiger partial charge in [-0.15, -0.1) is 0 Å². The van der Waals surface area contributed by atoms with Crippen molar-refractivity contribution in [3.05, 3.63) is 34.3 Å². The van der Waals surface area contributed by atoms with Gasteiger partial charge >= 0.3 is 6.18 Å². The number of rotatable bonds is 2. The van der Waals surface area contributed by atoms with Gasteiger partial charge in [0.25, 0.3) is 0 Å². The molecular formula is C20H25ClF3NO. The summed E-state index contributed by atoms with van der Waals surface area (Å²) in [7, 11) is 0. The summed E-state index contributed by atoms with van der Waals surface area (Å²) >= 11 is 6.20. The number of Topliss-reactive ketones (excluding diaryl/α,β-unsaturated/α-hetero) is 1. The van der Waals surface area contributed by atoms with Gasteiger partial charge in [0.15, 0.2) is 0 Å². The Morgan fingerprint density at radius 2 is 1.92 bits per heavy atom. The average molecular weight is 388 g/mol. The normalized spacial score (nSPS) is 24.0. The molecule has 1 atom stereocenters. The Bertz CT molecular complexity index is 678. The molecule has 1 aliphatic heterocycles. The lowest BCUT2D eigenvalue weighted by molar-refractivity contribution is -0.157. The van der Waals surface area contributed by atoms with Gasteiger partial charge in [-0.1, -0.05) is 17.7 Å². The number of piperidine rings is 1. The number of carbonyl (C=O) groups is 1. The highest BCUT2D eigenvalue weighted by atomic mass is 35.5. The molecule has 1 aromatic carbocycles. The van der Waals surface area contributed by atoms with E-state index in [1.165, 1.54) is 0 Å². The van der Waals surface area contributed by atoms with Crippen molar-refractivity contribution in [2.24, 2.45) is 5.92 Å². The highest BCUT2D eigenvalue weighted by Crippen LogP contribution is 2.46. The minimum atomic E-state index is -4.33. The predicted molar refractivity (Wildman–Crippen MR) is 96.6 cm³/mol. The number of hydrogen-bond donors (Lipinski definition) is 0. The van der Waals surface area contributed by atoms with E-state index in [1.807, 2.05) is 12.1 Å². The number of carbonyl (C=O) groups excluding carboxylic acids is 1. The van der Waals surface area contributed by atoms with Gasteiger partial charge in [-0.05, 0) is 75.9 Å². The van der Waals surface area contributed by atoms with Gasteiger partial charge in [0.1, 0.15) is 5.78 Å². The van der Waals surface area contributed by atoms with Crippen LogP contribution in [0.4, 0.5) is 13.2 Å². The van der Waals surface area contributed by atoms with Gasteiger partial charge in [0, 0.05) is 17.0 Å². The molecule has 1 aromatic rings. The highest BCUT2D eigenvalue weighted by molar-refractivity contribution is 6.30. The molecule has 1 saturated heterocycles. The van der Waals surface area contributed by atoms with Gasteiger partial charge in [-0.25, -0.2) is 0 Å². The molecule has 2 aliphatic rings. The first-order valence-corrected chi connectivity index (χ1v) is 9.64. The minimum absolute atomic E-state index is 0.237. The molecule has 0 saturated carbocycles. The Balaban J connectivity index is 2.02. The Labute approximate surface area is 157 Å². The molecule has 2 nitrogen and oxygen atoms in total. The van der Waals surface area contributed by atoms with Crippen molar-refractivity contribution < 1.29 is 18.0 Å². The summed E-state index contributed by atoms with van der Waals surface area (Å²) in [5.74, 6) is -1.20. The summed E-state index contributed by atoms with van der Waals surface area (Å²) in [5, 5.41) is 0.538. The van der Waals surface area contributed by atoms with Crippen molar-refractivity contribution in [3.63, 3.8) is 0 Å². The molecule has 0 radical (unpaired) electrons. The molecular weight excluding hydrogens is 363 g/mol. The first kappa shape index (κ1) is 19.7. The fourth-order valence-electron chi connectivity index (χ4n) is 4.61. The molecule has 0 N–H and O–H groups in total. The number of hydrogen-bond acceptors (Lipinski definition) is 2. The van der Waals surface area contributed by atoms with Crippen LogP contribution in [0.1, 0.15) is 50.7 Å². The third kappa shape index (κ3) is 3.79. The van der Waals surface area contributed by atoms with Gasteiger partial charge in [-0.3, -0.25) is 4.79 Å². The quantitative estimate of drug-likeness (QED) is 0.698. The number of fused-ring (bicyclic) bond motifs is 2. The SMILES string of the molecule is CC(C)N1CCC2(CC1)C(=O)C(CC(F)(F)F)CCc1ccc(Cl)cc12. The topological polar surface area (TPSA) is 20.3 Å². The molecule has 1 fully saturated rings. The molecule has 0 bridgehead atoms. The molecule has 26 heavy (non-hydrogen) atoms. The van der Waals surface area contributed by atoms with Crippen LogP contribution in [0.15, 0.2) is 18.2 Å². The van der Waals surface area contributed by atoms with Crippen LogP contribution in [0.5, 0.6) is 0 Å². The zero-order valence-electron chi connectivity index (χ0n) is 15.2. The van der Waals surface area contributed by atoms with Crippen molar-refractivity contribution in [2.75, 3.05) is 13.1 Å². The van der Waals surface area contributed by atoms with Crippen molar-refractivity contribution in [2.45, 2.75) is 63.6 Å². The molecule has 0 aromatic heterocycles. The van der Waals surface area contributed by atoms with Crippen LogP contribution < -0.4 is 0 Å². The Kier molecular flexibility index (Phi) is 5.42. The van der Waals surface area contributed by atoms with Crippen LogP contribution in [0.2, 0.25) is 5.02 Å². The molecule has 1 aliphatic carbocycles. The zero-order valence-corrected chi connectivity index (χ0v) is 16.0. The first-order valence-electron chi connectivity index (χ1n) is 9.26. The van der Waals surface area contributed by atoms with Gasteiger partial charge in [0.2, 0.25) is 0 Å². The van der Waals surface area contributed by atoms with Crippen LogP contribution in [0, 0.1) is 5.92 Å². The van der Waals surface area contributed by atoms with Gasteiger partial charge < -0.3 is 4.90 Å². The van der Waals surface area contributed by atoms with E-state index < -0.39 is 23.9 Å². The number of benzene rings is 1. The van der Waals surface area contributed by atoms with Crippen molar-refractivity contribution in [1.82, 2.24) is 4.90 Å². The summed E-state index contributed by atoms with van der Waals surface area (Å²) in [6, 6.07) is 5.83. The van der Waals surface area contributed by atoms with E-state index in [-0.39, 0.29) is 12.2 Å². The second-order valence-electron chi connectivity index (χ2n) is 7.93. The summed E-state index contributed by atoms with van der Waals surface area (Å²) in [5.41, 5.74) is 1.01. The maximum absolute atomic E-state index is 13.4. The largest absolute Gasteiger partial charge is 0.389 e. The van der Waals surface area contributed by atoms with E-state index in [1.54, 1.807) is 6.07 Å². The molecule has 3 rings (SSSR count). The fourth-order valence-corrected chi connectivity index (χ4v) is 4.78. The number of nitrogens with zero attached hydrogens (tertiary/aromatic N) is 1. The summed E-state index contributed by atoms with van der Waals surface area (Å²) in [4.78, 5) is 15.7. The average Bonchev–Trinajstić information content (AvgIpc) is 2.66. The standard InChI is InChI=1S/C20H25ClF3NO/c1-13(2)25-9-7-19(8-10-25)17-11-16(21)6-5-14(17)3-4-15(18(19)26)12-20(22,23)24/h5-6,11,13,15H,3-4,7-10,12H2,1-2H3. The minimum Gasteiger partial charge on any atom is -0.301 e. The number of alkyl halides is 3. The molecule has 144 valence electrons. The van der Waals surface area contributed by atoms with Gasteiger partial charge in [-0.2, -0.15) is 13.2 Å². The van der Waals surface area contributed by atoms with Crippen LogP contribution in [-0.2, 0) is 16.6 Å². The molecule has 1 unspecified atom stereocenters. The molecule has 1 heterocycles. The Hall–Kier alpha value is -1.07. The third-order valence-corrected chi connectivity index (χ3v) is 6.29. The Morgan fingerprint density at radius 3 is 2.50 bits per heavy atom. The number of likely N-dealkylation sites (tertiary alicyclic amines) is 1. The first-order chi connectivity index (χ1) is 12.1. The second-order valence-corrected chi connectivity index (χ2v) is 8.37. The lowest BCUT2D eigenvalue weighted by Crippen LogP contribution is -2.51. The zero-order chi connectivity index (χ0) is 19.1. The predicted octanol–water partition coefficient (Wildman–Crippen LogP) is 5.17. The van der Waals surface area contributed by atoms with E-state index >= 15 is 0 Å². The van der Waals surface area contributed by atoms with E-state index in [0.717, 1.165) is 11.1 Å². The number of ketones is 1. The maximum atomic E-state index is 13.4. The lowest BCUT2D eigenvalue weighted by atomic mass is 9.66. The molecule has 1 spiro atoms. The fraction of sp³-hybridized carbons (Fsp3) is 0.650. The third-order valence-electron chi connectivity index (χ3n) is 6.05. The van der Waals surface area contributed by atoms with Crippen LogP contribution >= 0.6 is 11.6 Å². The number of aryl methyl sites for hydroxylation is 1. The van der Waals surface area contributed by atoms with Crippen molar-refractivity contribution in [1.29, 1.82) is 0 Å². The van der Waals surface area contributed by atoms with E-state index in [4.69, 9.17) is 11.6 Å². The van der Waals surface area contributed by atoms with E-state index in [2.05, 4.69) is 18.7 Å². The lowest BCUT2D eigenvalue weighted by Gasteiger charge is -2.44. The highest BCUT2D eigenvalue weighted by Gasteiger charge is 2.50. The summed E-state index contributed by atoms with van der Waals surface area (Å²) in [6.45, 7) is 5.64. The van der Waals surface area contributed by atoms with Crippen LogP contribution in [0.25, 0.3) is 0 Å². The Morgan fingerprint density at radius 1 is 1.27 bits per heavy atom. The van der Waals surface area contributed by atoms with Crippen molar-refractivity contribution in [3.8, 4) is 0 Å². The molecule has 6 heteroatoms. The molecule has 0 amide bonds. The van der Waals surface area contributed by atoms with Crippen LogP contribution in [0.3, 0.4) is 0 Å². The smallest absolute Gasteiger partial charge is 0.301 e. The summed E-state index contributed by atoms with van der Waals surface area (Å²) in [6.07, 6.45) is -3.48. The van der Waals surface area contributed by atoms with Crippen LogP contribution in [-0.4, -0.2) is 36.0 Å². The van der Waals surface area contributed by atoms with E-state index in [9.17, 15) is 18.0 Å².